The van der Waals surface area contributed by atoms with E-state index >= 15 is 0 Å². The summed E-state index contributed by atoms with van der Waals surface area (Å²) in [6.07, 6.45) is 4.95. The Morgan fingerprint density at radius 2 is 1.95 bits per heavy atom. The number of nitrogens with one attached hydrogen (secondary N) is 1. The van der Waals surface area contributed by atoms with E-state index < -0.39 is 0 Å². The number of fused-ring (bicyclic) bond motifs is 1. The molecule has 0 radical (unpaired) electrons. The van der Waals surface area contributed by atoms with Gasteiger partial charge in [0.05, 0.1) is 35.1 Å². The Morgan fingerprint density at radius 3 is 2.76 bits per heavy atom. The summed E-state index contributed by atoms with van der Waals surface area (Å²) in [6.45, 7) is 5.14. The molecule has 3 rings (SSSR count). The summed E-state index contributed by atoms with van der Waals surface area (Å²) in [5.74, 6) is 0. The summed E-state index contributed by atoms with van der Waals surface area (Å²) in [6, 6.07) is 10.7. The zero-order valence-electron chi connectivity index (χ0n) is 12.7. The second kappa shape index (κ2) is 6.04. The van der Waals surface area contributed by atoms with Gasteiger partial charge in [-0.1, -0.05) is 19.1 Å². The molecule has 2 aromatic rings. The van der Waals surface area contributed by atoms with Crippen LogP contribution in [0, 0.1) is 0 Å². The lowest BCUT2D eigenvalue weighted by molar-refractivity contribution is 0.820. The van der Waals surface area contributed by atoms with Gasteiger partial charge in [0.2, 0.25) is 0 Å². The van der Waals surface area contributed by atoms with Gasteiger partial charge in [-0.05, 0) is 24.6 Å². The van der Waals surface area contributed by atoms with E-state index in [1.165, 1.54) is 11.4 Å². The van der Waals surface area contributed by atoms with Crippen molar-refractivity contribution >= 4 is 22.7 Å². The minimum atomic E-state index is 0.977. The first-order chi connectivity index (χ1) is 10.3. The molecule has 0 saturated carbocycles. The van der Waals surface area contributed by atoms with Crippen LogP contribution in [-0.4, -0.2) is 31.7 Å². The summed E-state index contributed by atoms with van der Waals surface area (Å²) in [5.41, 5.74) is 4.76. The smallest absolute Gasteiger partial charge is 0.0649 e. The molecule has 0 saturated heterocycles. The summed E-state index contributed by atoms with van der Waals surface area (Å²) < 4.78 is 0. The fraction of sp³-hybridized carbons (Fsp3) is 0.353. The fourth-order valence-electron chi connectivity index (χ4n) is 2.72. The third-order valence-electron chi connectivity index (χ3n) is 3.86. The lowest BCUT2D eigenvalue weighted by Crippen LogP contribution is -2.36. The topological polar surface area (TPSA) is 31.4 Å². The lowest BCUT2D eigenvalue weighted by Gasteiger charge is -2.36. The quantitative estimate of drug-likeness (QED) is 0.930. The van der Waals surface area contributed by atoms with Gasteiger partial charge >= 0.3 is 0 Å². The Labute approximate surface area is 126 Å². The molecule has 1 aromatic carbocycles. The highest BCUT2D eigenvalue weighted by atomic mass is 15.3. The van der Waals surface area contributed by atoms with Crippen molar-refractivity contribution in [3.63, 3.8) is 0 Å². The van der Waals surface area contributed by atoms with Crippen LogP contribution >= 0.6 is 0 Å². The highest BCUT2D eigenvalue weighted by Gasteiger charge is 2.21. The van der Waals surface area contributed by atoms with Crippen molar-refractivity contribution in [2.24, 2.45) is 0 Å². The zero-order chi connectivity index (χ0) is 14.7. The average molecular weight is 282 g/mol. The molecular weight excluding hydrogens is 260 g/mol. The Balaban J connectivity index is 1.92. The molecule has 0 unspecified atom stereocenters. The number of pyridine rings is 1. The van der Waals surface area contributed by atoms with E-state index in [1.807, 2.05) is 12.4 Å². The van der Waals surface area contributed by atoms with Gasteiger partial charge in [-0.25, -0.2) is 0 Å². The number of anilines is 4. The molecule has 0 atom stereocenters. The Morgan fingerprint density at radius 1 is 1.14 bits per heavy atom. The van der Waals surface area contributed by atoms with Gasteiger partial charge in [0.1, 0.15) is 0 Å². The van der Waals surface area contributed by atoms with Crippen molar-refractivity contribution in [3.8, 4) is 0 Å². The Bertz CT molecular complexity index is 611. The molecule has 1 N–H and O–H groups in total. The van der Waals surface area contributed by atoms with Gasteiger partial charge < -0.3 is 15.1 Å². The van der Waals surface area contributed by atoms with Gasteiger partial charge in [0.25, 0.3) is 0 Å². The van der Waals surface area contributed by atoms with Gasteiger partial charge in [0, 0.05) is 26.7 Å². The molecule has 1 aliphatic heterocycles. The maximum absolute atomic E-state index is 4.39. The zero-order valence-corrected chi connectivity index (χ0v) is 12.7. The van der Waals surface area contributed by atoms with Crippen molar-refractivity contribution < 1.29 is 0 Å². The Hall–Kier alpha value is -2.23. The van der Waals surface area contributed by atoms with Crippen LogP contribution in [0.1, 0.15) is 13.3 Å². The van der Waals surface area contributed by atoms with E-state index in [0.717, 1.165) is 37.4 Å². The van der Waals surface area contributed by atoms with Crippen LogP contribution in [-0.2, 0) is 0 Å². The largest absolute Gasteiger partial charge is 0.384 e. The number of para-hydroxylation sites is 2. The number of nitrogens with zero attached hydrogens (tertiary/aromatic N) is 3. The molecule has 4 nitrogen and oxygen atoms in total. The van der Waals surface area contributed by atoms with Gasteiger partial charge in [-0.2, -0.15) is 0 Å². The fourth-order valence-corrected chi connectivity index (χ4v) is 2.72. The maximum atomic E-state index is 4.39. The van der Waals surface area contributed by atoms with Crippen LogP contribution < -0.4 is 15.1 Å². The van der Waals surface area contributed by atoms with Crippen LogP contribution in [0.25, 0.3) is 0 Å². The van der Waals surface area contributed by atoms with E-state index in [9.17, 15) is 0 Å². The van der Waals surface area contributed by atoms with Crippen molar-refractivity contribution in [2.45, 2.75) is 13.3 Å². The lowest BCUT2D eigenvalue weighted by atomic mass is 10.1. The van der Waals surface area contributed by atoms with Crippen LogP contribution in [0.4, 0.5) is 22.7 Å². The third kappa shape index (κ3) is 2.79. The summed E-state index contributed by atoms with van der Waals surface area (Å²) in [7, 11) is 2.15. The number of likely N-dealkylation sites (N-methyl/N-ethyl adjacent to an activating group) is 1. The molecule has 0 spiro atoms. The van der Waals surface area contributed by atoms with Crippen molar-refractivity contribution in [1.82, 2.24) is 4.98 Å². The predicted molar refractivity (Wildman–Crippen MR) is 89.7 cm³/mol. The first-order valence-electron chi connectivity index (χ1n) is 7.56. The monoisotopic (exact) mass is 282 g/mol. The van der Waals surface area contributed by atoms with E-state index in [0.29, 0.717) is 0 Å². The summed E-state index contributed by atoms with van der Waals surface area (Å²) in [5, 5.41) is 3.41. The molecule has 1 aromatic heterocycles. The molecule has 110 valence electrons. The Kier molecular flexibility index (Phi) is 3.95. The molecule has 0 amide bonds. The molecule has 21 heavy (non-hydrogen) atoms. The van der Waals surface area contributed by atoms with Crippen LogP contribution in [0.2, 0.25) is 0 Å². The standard InChI is InChI=1S/C17H22N4/c1-3-8-19-14-11-15(13-18-12-14)21-10-9-20(2)16-6-4-5-7-17(16)21/h4-7,11-13,19H,3,8-10H2,1-2H3. The van der Waals surface area contributed by atoms with Gasteiger partial charge in [-0.3, -0.25) is 4.98 Å². The minimum Gasteiger partial charge on any atom is -0.384 e. The maximum Gasteiger partial charge on any atom is 0.0649 e. The number of hydrogen-bond donors (Lipinski definition) is 1. The molecule has 1 aliphatic rings. The normalized spacial score (nSPS) is 14.0. The number of rotatable bonds is 4. The van der Waals surface area contributed by atoms with E-state index in [4.69, 9.17) is 0 Å². The molecule has 0 fully saturated rings. The molecule has 0 bridgehead atoms. The highest BCUT2D eigenvalue weighted by Crippen LogP contribution is 2.36. The van der Waals surface area contributed by atoms with Crippen molar-refractivity contribution in [2.75, 3.05) is 41.8 Å². The van der Waals surface area contributed by atoms with Crippen LogP contribution in [0.3, 0.4) is 0 Å². The first-order valence-corrected chi connectivity index (χ1v) is 7.56. The average Bonchev–Trinajstić information content (AvgIpc) is 2.54. The number of hydrogen-bond acceptors (Lipinski definition) is 4. The second-order valence-corrected chi connectivity index (χ2v) is 5.42. The number of benzene rings is 1. The van der Waals surface area contributed by atoms with Crippen LogP contribution in [0.5, 0.6) is 0 Å². The van der Waals surface area contributed by atoms with E-state index in [1.54, 1.807) is 0 Å². The molecular formula is C17H22N4. The first kappa shape index (κ1) is 13.7. The highest BCUT2D eigenvalue weighted by molar-refractivity contribution is 5.79. The number of aromatic nitrogens is 1. The summed E-state index contributed by atoms with van der Waals surface area (Å²) >= 11 is 0. The van der Waals surface area contributed by atoms with Gasteiger partial charge in [0.15, 0.2) is 0 Å². The predicted octanol–water partition coefficient (Wildman–Crippen LogP) is 3.49. The second-order valence-electron chi connectivity index (χ2n) is 5.42. The van der Waals surface area contributed by atoms with E-state index in [2.05, 4.69) is 64.4 Å². The van der Waals surface area contributed by atoms with Crippen LogP contribution in [0.15, 0.2) is 42.7 Å². The molecule has 0 aliphatic carbocycles. The minimum absolute atomic E-state index is 0.977. The SMILES string of the molecule is CCCNc1cncc(N2CCN(C)c3ccccc32)c1. The van der Waals surface area contributed by atoms with Crippen molar-refractivity contribution in [3.05, 3.63) is 42.7 Å². The summed E-state index contributed by atoms with van der Waals surface area (Å²) in [4.78, 5) is 9.04. The van der Waals surface area contributed by atoms with E-state index in [-0.39, 0.29) is 0 Å². The van der Waals surface area contributed by atoms with Crippen molar-refractivity contribution in [1.29, 1.82) is 0 Å². The third-order valence-corrected chi connectivity index (χ3v) is 3.86. The molecule has 4 heteroatoms. The molecule has 2 heterocycles. The van der Waals surface area contributed by atoms with Gasteiger partial charge in [-0.15, -0.1) is 0 Å².